The molecule has 0 saturated heterocycles. The third-order valence-corrected chi connectivity index (χ3v) is 10.7. The third kappa shape index (κ3) is 6.74. The quantitative estimate of drug-likeness (QED) is 0.442. The predicted octanol–water partition coefficient (Wildman–Crippen LogP) is 5.09. The highest BCUT2D eigenvalue weighted by molar-refractivity contribution is 7.87. The summed E-state index contributed by atoms with van der Waals surface area (Å²) >= 11 is 6.30. The van der Waals surface area contributed by atoms with Crippen LogP contribution in [0.3, 0.4) is 0 Å². The van der Waals surface area contributed by atoms with E-state index in [2.05, 4.69) is 9.62 Å². The van der Waals surface area contributed by atoms with Crippen LogP contribution in [-0.2, 0) is 23.2 Å². The maximum absolute atomic E-state index is 13.3. The van der Waals surface area contributed by atoms with Gasteiger partial charge in [0.1, 0.15) is 12.4 Å². The van der Waals surface area contributed by atoms with Crippen LogP contribution in [0.2, 0.25) is 5.02 Å². The van der Waals surface area contributed by atoms with E-state index in [1.165, 1.54) is 9.87 Å². The summed E-state index contributed by atoms with van der Waals surface area (Å²) in [5, 5.41) is 11.7. The number of ether oxygens (including phenoxy) is 1. The summed E-state index contributed by atoms with van der Waals surface area (Å²) in [5.74, 6) is 0.376. The van der Waals surface area contributed by atoms with Gasteiger partial charge in [-0.25, -0.2) is 4.72 Å². The van der Waals surface area contributed by atoms with E-state index in [-0.39, 0.29) is 24.1 Å². The average molecular weight is 602 g/mol. The smallest absolute Gasteiger partial charge is 0.304 e. The zero-order valence-electron chi connectivity index (χ0n) is 23.8. The van der Waals surface area contributed by atoms with Gasteiger partial charge in [-0.2, -0.15) is 12.7 Å². The van der Waals surface area contributed by atoms with Gasteiger partial charge in [-0.15, -0.1) is 0 Å². The minimum absolute atomic E-state index is 0.126. The molecule has 2 aromatic rings. The lowest BCUT2D eigenvalue weighted by Gasteiger charge is -2.42. The van der Waals surface area contributed by atoms with Gasteiger partial charge in [-0.05, 0) is 98.7 Å². The SMILES string of the molecule is CCN1[C@@H](C)C/C=C/C(O)[C@@H]2CC[C@H]2CN2CCCCc3cc(Cl)ccc3COc3ccc(cc32)C(=O)NS1(=O)=O. The van der Waals surface area contributed by atoms with Gasteiger partial charge in [0, 0.05) is 36.3 Å². The minimum Gasteiger partial charge on any atom is -0.487 e. The van der Waals surface area contributed by atoms with Gasteiger partial charge in [0.05, 0.1) is 11.8 Å². The lowest BCUT2D eigenvalue weighted by Crippen LogP contribution is -2.47. The van der Waals surface area contributed by atoms with E-state index in [1.54, 1.807) is 32.0 Å². The van der Waals surface area contributed by atoms with E-state index in [9.17, 15) is 18.3 Å². The number of amides is 1. The van der Waals surface area contributed by atoms with Gasteiger partial charge in [0.2, 0.25) is 0 Å². The van der Waals surface area contributed by atoms with Crippen molar-refractivity contribution in [2.24, 2.45) is 11.8 Å². The first kappa shape index (κ1) is 29.9. The molecule has 1 saturated carbocycles. The van der Waals surface area contributed by atoms with E-state index in [0.717, 1.165) is 49.9 Å². The molecule has 8 nitrogen and oxygen atoms in total. The Hall–Kier alpha value is -2.59. The van der Waals surface area contributed by atoms with Crippen LogP contribution in [0.5, 0.6) is 5.75 Å². The van der Waals surface area contributed by atoms with E-state index < -0.39 is 22.2 Å². The van der Waals surface area contributed by atoms with Crippen LogP contribution in [0.4, 0.5) is 5.69 Å². The number of hydrogen-bond donors (Lipinski definition) is 2. The zero-order valence-corrected chi connectivity index (χ0v) is 25.3. The summed E-state index contributed by atoms with van der Waals surface area (Å²) in [5.41, 5.74) is 3.25. The van der Waals surface area contributed by atoms with E-state index >= 15 is 0 Å². The van der Waals surface area contributed by atoms with Crippen LogP contribution in [0.15, 0.2) is 48.6 Å². The Morgan fingerprint density at radius 2 is 1.95 bits per heavy atom. The second-order valence-corrected chi connectivity index (χ2v) is 13.5. The fourth-order valence-corrected chi connectivity index (χ4v) is 7.83. The van der Waals surface area contributed by atoms with Crippen molar-refractivity contribution in [2.75, 3.05) is 24.5 Å². The molecule has 0 spiro atoms. The molecule has 2 aromatic carbocycles. The number of carbonyl (C=O) groups excluding carboxylic acids is 1. The number of benzene rings is 2. The molecule has 0 aromatic heterocycles. The lowest BCUT2D eigenvalue weighted by atomic mass is 9.70. The number of fused-ring (bicyclic) bond motifs is 3. The van der Waals surface area contributed by atoms with Crippen molar-refractivity contribution in [3.63, 3.8) is 0 Å². The Kier molecular flexibility index (Phi) is 9.28. The van der Waals surface area contributed by atoms with Gasteiger partial charge >= 0.3 is 10.2 Å². The summed E-state index contributed by atoms with van der Waals surface area (Å²) in [6.07, 6.45) is 8.24. The second kappa shape index (κ2) is 12.7. The second-order valence-electron chi connectivity index (χ2n) is 11.4. The number of anilines is 1. The van der Waals surface area contributed by atoms with Gasteiger partial charge in [0.25, 0.3) is 5.91 Å². The fraction of sp³-hybridized carbons (Fsp3) is 0.516. The Morgan fingerprint density at radius 1 is 1.12 bits per heavy atom. The maximum atomic E-state index is 13.3. The van der Waals surface area contributed by atoms with Crippen molar-refractivity contribution >= 4 is 33.4 Å². The largest absolute Gasteiger partial charge is 0.487 e. The average Bonchev–Trinajstić information content (AvgIpc) is 2.93. The van der Waals surface area contributed by atoms with Crippen LogP contribution < -0.4 is 14.4 Å². The van der Waals surface area contributed by atoms with Crippen LogP contribution in [0.1, 0.15) is 67.4 Å². The minimum atomic E-state index is -4.09. The van der Waals surface area contributed by atoms with Crippen LogP contribution >= 0.6 is 11.6 Å². The molecule has 3 aliphatic rings. The number of nitrogens with zero attached hydrogens (tertiary/aromatic N) is 2. The summed E-state index contributed by atoms with van der Waals surface area (Å²) in [4.78, 5) is 15.6. The molecule has 2 N–H and O–H groups in total. The summed E-state index contributed by atoms with van der Waals surface area (Å²) < 4.78 is 36.4. The first-order valence-corrected chi connectivity index (χ1v) is 16.5. The van der Waals surface area contributed by atoms with Crippen molar-refractivity contribution in [2.45, 2.75) is 71.1 Å². The van der Waals surface area contributed by atoms with E-state index in [4.69, 9.17) is 16.3 Å². The van der Waals surface area contributed by atoms with Crippen molar-refractivity contribution in [1.29, 1.82) is 0 Å². The Labute approximate surface area is 248 Å². The molecule has 0 radical (unpaired) electrons. The number of nitrogens with one attached hydrogen (secondary N) is 1. The Morgan fingerprint density at radius 3 is 2.71 bits per heavy atom. The molecule has 1 unspecified atom stereocenters. The normalized spacial score (nSPS) is 28.1. The van der Waals surface area contributed by atoms with Crippen molar-refractivity contribution in [1.82, 2.24) is 9.03 Å². The number of aliphatic hydroxyl groups is 1. The number of hydrogen-bond acceptors (Lipinski definition) is 6. The highest BCUT2D eigenvalue weighted by Gasteiger charge is 2.37. The summed E-state index contributed by atoms with van der Waals surface area (Å²) in [6.45, 7) is 5.58. The molecule has 10 heteroatoms. The molecular formula is C31H40ClN3O5S. The highest BCUT2D eigenvalue weighted by atomic mass is 35.5. The van der Waals surface area contributed by atoms with Crippen LogP contribution in [-0.4, -0.2) is 55.5 Å². The number of rotatable bonds is 1. The number of aliphatic hydroxyl groups excluding tert-OH is 1. The number of halogens is 1. The monoisotopic (exact) mass is 601 g/mol. The lowest BCUT2D eigenvalue weighted by molar-refractivity contribution is 0.0461. The van der Waals surface area contributed by atoms with Gasteiger partial charge in [0.15, 0.2) is 0 Å². The van der Waals surface area contributed by atoms with Gasteiger partial charge in [-0.1, -0.05) is 36.7 Å². The molecule has 4 atom stereocenters. The number of carbonyl (C=O) groups is 1. The summed E-state index contributed by atoms with van der Waals surface area (Å²) in [6, 6.07) is 10.6. The molecule has 2 heterocycles. The molecule has 41 heavy (non-hydrogen) atoms. The van der Waals surface area contributed by atoms with Gasteiger partial charge < -0.3 is 14.7 Å². The summed E-state index contributed by atoms with van der Waals surface area (Å²) in [7, 11) is -4.09. The zero-order chi connectivity index (χ0) is 29.1. The Bertz CT molecular complexity index is 1400. The molecule has 5 rings (SSSR count). The van der Waals surface area contributed by atoms with Crippen molar-refractivity contribution < 1.29 is 23.1 Å². The molecule has 2 aliphatic heterocycles. The van der Waals surface area contributed by atoms with Gasteiger partial charge in [-0.3, -0.25) is 4.79 Å². The Balaban J connectivity index is 1.54. The first-order valence-electron chi connectivity index (χ1n) is 14.6. The molecule has 222 valence electrons. The van der Waals surface area contributed by atoms with Crippen LogP contribution in [0.25, 0.3) is 0 Å². The fourth-order valence-electron chi connectivity index (χ4n) is 6.26. The molecule has 1 amide bonds. The van der Waals surface area contributed by atoms with Crippen LogP contribution in [0, 0.1) is 11.8 Å². The van der Waals surface area contributed by atoms with E-state index in [1.807, 2.05) is 30.4 Å². The highest BCUT2D eigenvalue weighted by Crippen LogP contribution is 2.41. The third-order valence-electron chi connectivity index (χ3n) is 8.75. The predicted molar refractivity (Wildman–Crippen MR) is 162 cm³/mol. The molecule has 2 bridgehead atoms. The van der Waals surface area contributed by atoms with Crippen molar-refractivity contribution in [3.05, 3.63) is 70.3 Å². The maximum Gasteiger partial charge on any atom is 0.304 e. The molecule has 1 aliphatic carbocycles. The molecular weight excluding hydrogens is 562 g/mol. The molecule has 1 fully saturated rings. The first-order chi connectivity index (χ1) is 19.7. The number of aryl methyl sites for hydroxylation is 1. The van der Waals surface area contributed by atoms with Crippen molar-refractivity contribution in [3.8, 4) is 5.75 Å². The topological polar surface area (TPSA) is 99.2 Å². The van der Waals surface area contributed by atoms with E-state index in [0.29, 0.717) is 36.3 Å². The standard InChI is InChI=1S/C31H40ClN3O5S/c1-3-35-21(2)7-6-9-29(36)27-14-11-24(27)19-34-16-5-4-8-22-17-26(32)13-10-25(22)20-40-30-15-12-23(18-28(30)34)31(37)33-41(35,38)39/h6,9-10,12-13,15,17-18,21,24,27,29,36H,3-5,7-8,11,14,16,19-20H2,1-2H3,(H,33,37)/b9-6+/t21-,24-,27+,29?/m0/s1.